The highest BCUT2D eigenvalue weighted by Crippen LogP contribution is 2.29. The number of rotatable bonds is 6. The van der Waals surface area contributed by atoms with E-state index in [1.807, 2.05) is 25.2 Å². The molecule has 0 radical (unpaired) electrons. The number of nitrogens with one attached hydrogen (secondary N) is 3. The predicted molar refractivity (Wildman–Crippen MR) is 124 cm³/mol. The van der Waals surface area contributed by atoms with Gasteiger partial charge in [-0.25, -0.2) is 0 Å². The van der Waals surface area contributed by atoms with Gasteiger partial charge in [0, 0.05) is 32.2 Å². The molecular formula is C21H35IN4O. The largest absolute Gasteiger partial charge is 0.356 e. The van der Waals surface area contributed by atoms with E-state index in [2.05, 4.69) is 40.9 Å². The molecule has 0 unspecified atom stereocenters. The molecule has 27 heavy (non-hydrogen) atoms. The van der Waals surface area contributed by atoms with Crippen molar-refractivity contribution in [2.45, 2.75) is 52.0 Å². The number of guanidine groups is 1. The first-order chi connectivity index (χ1) is 12.5. The molecule has 152 valence electrons. The summed E-state index contributed by atoms with van der Waals surface area (Å²) >= 11 is 0. The molecule has 1 fully saturated rings. The zero-order valence-electron chi connectivity index (χ0n) is 17.0. The second-order valence-electron chi connectivity index (χ2n) is 7.53. The van der Waals surface area contributed by atoms with Crippen LogP contribution in [0.2, 0.25) is 0 Å². The van der Waals surface area contributed by atoms with E-state index in [1.54, 1.807) is 7.05 Å². The Kier molecular flexibility index (Phi) is 10.7. The number of hydrogen-bond acceptors (Lipinski definition) is 2. The summed E-state index contributed by atoms with van der Waals surface area (Å²) in [5.41, 5.74) is 1.85. The van der Waals surface area contributed by atoms with Crippen LogP contribution in [0, 0.1) is 11.8 Å². The first kappa shape index (κ1) is 23.7. The van der Waals surface area contributed by atoms with E-state index < -0.39 is 0 Å². The van der Waals surface area contributed by atoms with Crippen molar-refractivity contribution in [2.75, 3.05) is 20.6 Å². The fourth-order valence-corrected chi connectivity index (χ4v) is 3.66. The van der Waals surface area contributed by atoms with Gasteiger partial charge in [0.05, 0.1) is 0 Å². The summed E-state index contributed by atoms with van der Waals surface area (Å²) in [6.45, 7) is 5.45. The van der Waals surface area contributed by atoms with Crippen LogP contribution in [0.1, 0.15) is 55.5 Å². The Morgan fingerprint density at radius 2 is 1.93 bits per heavy atom. The molecule has 6 heteroatoms. The number of hydrogen-bond donors (Lipinski definition) is 3. The Morgan fingerprint density at radius 3 is 2.52 bits per heavy atom. The fraction of sp³-hybridized carbons (Fsp3) is 0.619. The minimum absolute atomic E-state index is 0. The van der Waals surface area contributed by atoms with Crippen molar-refractivity contribution in [1.29, 1.82) is 0 Å². The SMILES string of the molecule is CN=C(NCCc1cccc(C(=O)NC)c1)NC1CCC(C(C)C)CC1.I. The number of nitrogens with zero attached hydrogens (tertiary/aromatic N) is 1. The number of benzene rings is 1. The number of halogens is 1. The average Bonchev–Trinajstić information content (AvgIpc) is 2.67. The number of amides is 1. The van der Waals surface area contributed by atoms with Crippen molar-refractivity contribution in [1.82, 2.24) is 16.0 Å². The molecule has 0 spiro atoms. The lowest BCUT2D eigenvalue weighted by Gasteiger charge is -2.32. The molecule has 1 saturated carbocycles. The van der Waals surface area contributed by atoms with Crippen LogP contribution in [0.4, 0.5) is 0 Å². The number of carbonyl (C=O) groups is 1. The third kappa shape index (κ3) is 7.68. The standard InChI is InChI=1S/C21H34N4O.HI/c1-15(2)17-8-10-19(11-9-17)25-21(23-4)24-13-12-16-6-5-7-18(14-16)20(26)22-3;/h5-7,14-15,17,19H,8-13H2,1-4H3,(H,22,26)(H2,23,24,25);1H. The second kappa shape index (κ2) is 12.2. The van der Waals surface area contributed by atoms with Crippen LogP contribution in [-0.4, -0.2) is 38.5 Å². The van der Waals surface area contributed by atoms with Gasteiger partial charge >= 0.3 is 0 Å². The van der Waals surface area contributed by atoms with Gasteiger partial charge in [0.1, 0.15) is 0 Å². The lowest BCUT2D eigenvalue weighted by atomic mass is 9.80. The summed E-state index contributed by atoms with van der Waals surface area (Å²) in [4.78, 5) is 16.1. The summed E-state index contributed by atoms with van der Waals surface area (Å²) in [6.07, 6.45) is 5.90. The maximum absolute atomic E-state index is 11.7. The van der Waals surface area contributed by atoms with Gasteiger partial charge in [-0.3, -0.25) is 9.79 Å². The predicted octanol–water partition coefficient (Wildman–Crippen LogP) is 3.59. The van der Waals surface area contributed by atoms with E-state index in [1.165, 1.54) is 25.7 Å². The third-order valence-electron chi connectivity index (χ3n) is 5.40. The Bertz CT molecular complexity index is 610. The first-order valence-electron chi connectivity index (χ1n) is 9.81. The van der Waals surface area contributed by atoms with Crippen LogP contribution >= 0.6 is 24.0 Å². The van der Waals surface area contributed by atoms with Gasteiger partial charge in [0.25, 0.3) is 5.91 Å². The van der Waals surface area contributed by atoms with E-state index in [0.717, 1.165) is 36.3 Å². The maximum Gasteiger partial charge on any atom is 0.251 e. The Hall–Kier alpha value is -1.31. The Labute approximate surface area is 181 Å². The van der Waals surface area contributed by atoms with Crippen LogP contribution < -0.4 is 16.0 Å². The molecular weight excluding hydrogens is 451 g/mol. The molecule has 0 atom stereocenters. The van der Waals surface area contributed by atoms with Gasteiger partial charge in [-0.15, -0.1) is 24.0 Å². The van der Waals surface area contributed by atoms with Crippen LogP contribution in [0.5, 0.6) is 0 Å². The van der Waals surface area contributed by atoms with E-state index >= 15 is 0 Å². The first-order valence-corrected chi connectivity index (χ1v) is 9.81. The molecule has 3 N–H and O–H groups in total. The summed E-state index contributed by atoms with van der Waals surface area (Å²) in [5, 5.41) is 9.63. The van der Waals surface area contributed by atoms with Crippen LogP contribution in [0.3, 0.4) is 0 Å². The highest BCUT2D eigenvalue weighted by Gasteiger charge is 2.23. The molecule has 1 aliphatic carbocycles. The molecule has 0 aromatic heterocycles. The highest BCUT2D eigenvalue weighted by molar-refractivity contribution is 14.0. The van der Waals surface area contributed by atoms with Gasteiger partial charge in [0.15, 0.2) is 5.96 Å². The second-order valence-corrected chi connectivity index (χ2v) is 7.53. The minimum Gasteiger partial charge on any atom is -0.356 e. The molecule has 0 heterocycles. The molecule has 2 rings (SSSR count). The van der Waals surface area contributed by atoms with Crippen molar-refractivity contribution in [3.63, 3.8) is 0 Å². The number of carbonyl (C=O) groups excluding carboxylic acids is 1. The molecule has 1 aromatic carbocycles. The van der Waals surface area contributed by atoms with Crippen LogP contribution in [0.15, 0.2) is 29.3 Å². The Balaban J connectivity index is 0.00000364. The third-order valence-corrected chi connectivity index (χ3v) is 5.40. The molecule has 0 bridgehead atoms. The zero-order chi connectivity index (χ0) is 18.9. The monoisotopic (exact) mass is 486 g/mol. The van der Waals surface area contributed by atoms with Gasteiger partial charge in [-0.05, 0) is 61.6 Å². The van der Waals surface area contributed by atoms with E-state index in [4.69, 9.17) is 0 Å². The molecule has 0 aliphatic heterocycles. The van der Waals surface area contributed by atoms with Gasteiger partial charge in [0.2, 0.25) is 0 Å². The van der Waals surface area contributed by atoms with E-state index in [0.29, 0.717) is 11.6 Å². The van der Waals surface area contributed by atoms with Gasteiger partial charge in [-0.2, -0.15) is 0 Å². The normalized spacial score (nSPS) is 20.0. The summed E-state index contributed by atoms with van der Waals surface area (Å²) in [5.74, 6) is 2.49. The minimum atomic E-state index is -0.0470. The van der Waals surface area contributed by atoms with E-state index in [9.17, 15) is 4.79 Å². The van der Waals surface area contributed by atoms with Gasteiger partial charge < -0.3 is 16.0 Å². The van der Waals surface area contributed by atoms with Gasteiger partial charge in [-0.1, -0.05) is 26.0 Å². The van der Waals surface area contributed by atoms with Crippen molar-refractivity contribution in [2.24, 2.45) is 16.8 Å². The molecule has 5 nitrogen and oxygen atoms in total. The number of aliphatic imine (C=N–C) groups is 1. The average molecular weight is 486 g/mol. The van der Waals surface area contributed by atoms with Crippen molar-refractivity contribution in [3.8, 4) is 0 Å². The van der Waals surface area contributed by atoms with Crippen LogP contribution in [-0.2, 0) is 6.42 Å². The molecule has 0 saturated heterocycles. The quantitative estimate of drug-likeness (QED) is 0.327. The summed E-state index contributed by atoms with van der Waals surface area (Å²) in [6, 6.07) is 8.29. The zero-order valence-corrected chi connectivity index (χ0v) is 19.4. The fourth-order valence-electron chi connectivity index (χ4n) is 3.66. The smallest absolute Gasteiger partial charge is 0.251 e. The summed E-state index contributed by atoms with van der Waals surface area (Å²) < 4.78 is 0. The molecule has 1 amide bonds. The van der Waals surface area contributed by atoms with E-state index in [-0.39, 0.29) is 29.9 Å². The molecule has 1 aromatic rings. The molecule has 1 aliphatic rings. The lowest BCUT2D eigenvalue weighted by Crippen LogP contribution is -2.45. The van der Waals surface area contributed by atoms with Crippen molar-refractivity contribution >= 4 is 35.8 Å². The van der Waals surface area contributed by atoms with Crippen LogP contribution in [0.25, 0.3) is 0 Å². The summed E-state index contributed by atoms with van der Waals surface area (Å²) in [7, 11) is 3.47. The lowest BCUT2D eigenvalue weighted by molar-refractivity contribution is 0.0963. The maximum atomic E-state index is 11.7. The van der Waals surface area contributed by atoms with Crippen molar-refractivity contribution < 1.29 is 4.79 Å². The highest BCUT2D eigenvalue weighted by atomic mass is 127. The van der Waals surface area contributed by atoms with Crippen molar-refractivity contribution in [3.05, 3.63) is 35.4 Å². The Morgan fingerprint density at radius 1 is 1.22 bits per heavy atom. The topological polar surface area (TPSA) is 65.5 Å².